The van der Waals surface area contributed by atoms with Crippen LogP contribution in [0.2, 0.25) is 0 Å². The molecule has 18 nitrogen and oxygen atoms in total. The number of piperazine rings is 1. The molecule has 7 rings (SSSR count). The molecule has 1 unspecified atom stereocenters. The summed E-state index contributed by atoms with van der Waals surface area (Å²) in [6.07, 6.45) is -13.3. The second-order valence-corrected chi connectivity index (χ2v) is 20.5. The lowest BCUT2D eigenvalue weighted by molar-refractivity contribution is -0.345. The normalized spacial score (nSPS) is 31.8. The molecule has 2 bridgehead atoms. The second-order valence-electron chi connectivity index (χ2n) is 20.5. The minimum Gasteiger partial charge on any atom is -0.456 e. The van der Waals surface area contributed by atoms with Crippen LogP contribution in [0.4, 0.5) is 14.0 Å². The summed E-state index contributed by atoms with van der Waals surface area (Å²) in [5.41, 5.74) is -9.48. The van der Waals surface area contributed by atoms with Crippen molar-refractivity contribution in [3.8, 4) is 0 Å². The average molecular weight is 966 g/mol. The van der Waals surface area contributed by atoms with E-state index in [1.54, 1.807) is 52.8 Å². The number of aliphatic hydroxyl groups excluding tert-OH is 2. The SMILES string of the molecule is CCN1CCN(C(=O)O[C@H]2C(=O)[C@@]3(C)C([C@H](OC(=O)c4ccccc4)[C@]4(O)C[C@H](OC(=O)[C@H](O)[C@H](NC(=O)OC(C)(C)C)c5ccccc5F)C(C)=C2C4(C)C)[C@]2(OC(C)=O)CO[C@@H]2C[C@@H]3O)CC1. The van der Waals surface area contributed by atoms with Crippen LogP contribution in [0.25, 0.3) is 0 Å². The number of hydrogen-bond donors (Lipinski definition) is 4. The molecule has 3 aliphatic carbocycles. The van der Waals surface area contributed by atoms with E-state index in [0.717, 1.165) is 19.5 Å². The molecule has 2 saturated carbocycles. The second kappa shape index (κ2) is 19.0. The topological polar surface area (TPSA) is 237 Å². The van der Waals surface area contributed by atoms with Gasteiger partial charge >= 0.3 is 30.1 Å². The molecule has 4 fully saturated rings. The number of carbonyl (C=O) groups is 6. The Labute approximate surface area is 400 Å². The minimum absolute atomic E-state index is 0.0359. The molecule has 11 atom stereocenters. The molecule has 2 heterocycles. The third-order valence-electron chi connectivity index (χ3n) is 14.9. The van der Waals surface area contributed by atoms with Gasteiger partial charge in [-0.3, -0.25) is 9.59 Å². The number of nitrogens with zero attached hydrogens (tertiary/aromatic N) is 2. The van der Waals surface area contributed by atoms with Gasteiger partial charge in [-0.05, 0) is 70.5 Å². The number of hydrogen-bond acceptors (Lipinski definition) is 16. The van der Waals surface area contributed by atoms with Gasteiger partial charge in [0.2, 0.25) is 0 Å². The molecule has 69 heavy (non-hydrogen) atoms. The molecular weight excluding hydrogens is 902 g/mol. The highest BCUT2D eigenvalue weighted by Gasteiger charge is 2.78. The van der Waals surface area contributed by atoms with Crippen LogP contribution in [0.15, 0.2) is 65.7 Å². The molecule has 2 saturated heterocycles. The Morgan fingerprint density at radius 2 is 1.59 bits per heavy atom. The summed E-state index contributed by atoms with van der Waals surface area (Å²) in [7, 11) is 0. The van der Waals surface area contributed by atoms with Gasteiger partial charge in [-0.25, -0.2) is 23.6 Å². The first-order valence-electron chi connectivity index (χ1n) is 23.3. The number of rotatable bonds is 10. The first kappa shape index (κ1) is 51.4. The molecule has 2 aliphatic heterocycles. The van der Waals surface area contributed by atoms with E-state index in [0.29, 0.717) is 13.1 Å². The Kier molecular flexibility index (Phi) is 14.2. The van der Waals surface area contributed by atoms with E-state index in [9.17, 15) is 39.3 Å². The van der Waals surface area contributed by atoms with Crippen LogP contribution in [-0.2, 0) is 42.8 Å². The van der Waals surface area contributed by atoms with Gasteiger partial charge in [0, 0.05) is 56.9 Å². The number of carbonyl (C=O) groups excluding carboxylic acids is 6. The van der Waals surface area contributed by atoms with Crippen LogP contribution >= 0.6 is 0 Å². The standard InChI is InChI=1S/C50H64FN3O15/c1-10-53-20-22-54(23-21-53)45(62)66-38-35-27(2)32(65-43(60)37(57)36(30-18-14-15-19-31(30)51)52-44(61)69-46(4,5)6)25-50(63,47(35,7)8)41(67-42(59)29-16-12-11-13-17-29)39-48(9,40(38)58)33(56)24-34-49(39,26-64-34)68-28(3)55/h11-19,32-34,36-39,41,56-57,63H,10,20-26H2,1-9H3,(H,52,61)/t32-,33-,34+,36+,37+,38+,39?,41-,48+,49-,50+/m0/s1. The van der Waals surface area contributed by atoms with Crippen LogP contribution in [0, 0.1) is 22.6 Å². The maximum atomic E-state index is 16.0. The van der Waals surface area contributed by atoms with Crippen LogP contribution in [0.1, 0.15) is 97.1 Å². The van der Waals surface area contributed by atoms with Gasteiger partial charge in [0.25, 0.3) is 0 Å². The molecule has 0 radical (unpaired) electrons. The van der Waals surface area contributed by atoms with Crippen molar-refractivity contribution in [2.45, 2.75) is 135 Å². The summed E-state index contributed by atoms with van der Waals surface area (Å²) in [5.74, 6) is -6.61. The van der Waals surface area contributed by atoms with Gasteiger partial charge in [-0.2, -0.15) is 0 Å². The number of Topliss-reactive ketones (excluding diaryl/α,β-unsaturated/α-hetero) is 1. The minimum atomic E-state index is -2.49. The summed E-state index contributed by atoms with van der Waals surface area (Å²) in [6.45, 7) is 15.7. The summed E-state index contributed by atoms with van der Waals surface area (Å²) in [5, 5.41) is 40.4. The zero-order valence-corrected chi connectivity index (χ0v) is 40.5. The number of nitrogens with one attached hydrogen (secondary N) is 1. The Balaban J connectivity index is 1.41. The molecule has 2 aromatic carbocycles. The summed E-state index contributed by atoms with van der Waals surface area (Å²) in [6, 6.07) is 11.1. The highest BCUT2D eigenvalue weighted by atomic mass is 19.1. The Morgan fingerprint density at radius 3 is 2.17 bits per heavy atom. The number of alkyl carbamates (subject to hydrolysis) is 1. The first-order chi connectivity index (χ1) is 32.3. The van der Waals surface area contributed by atoms with E-state index in [1.807, 2.05) is 6.92 Å². The van der Waals surface area contributed by atoms with Crippen LogP contribution in [-0.4, -0.2) is 154 Å². The van der Waals surface area contributed by atoms with Crippen molar-refractivity contribution in [2.75, 3.05) is 39.3 Å². The maximum Gasteiger partial charge on any atom is 0.410 e. The van der Waals surface area contributed by atoms with Gasteiger partial charge in [-0.1, -0.05) is 57.2 Å². The number of halogens is 1. The monoisotopic (exact) mass is 965 g/mol. The lowest BCUT2D eigenvalue weighted by atomic mass is 9.44. The number of amides is 2. The Bertz CT molecular complexity index is 2360. The molecule has 2 amide bonds. The van der Waals surface area contributed by atoms with E-state index in [1.165, 1.54) is 49.1 Å². The molecule has 376 valence electrons. The third kappa shape index (κ3) is 9.23. The van der Waals surface area contributed by atoms with Gasteiger partial charge in [0.15, 0.2) is 23.6 Å². The lowest BCUT2D eigenvalue weighted by Crippen LogP contribution is -2.82. The lowest BCUT2D eigenvalue weighted by Gasteiger charge is -2.67. The smallest absolute Gasteiger partial charge is 0.410 e. The maximum absolute atomic E-state index is 16.0. The van der Waals surface area contributed by atoms with E-state index >= 15 is 9.18 Å². The third-order valence-corrected chi connectivity index (χ3v) is 14.9. The molecular formula is C50H64FN3O15. The number of likely N-dealkylation sites (N-methyl/N-ethyl adjacent to an activating group) is 1. The van der Waals surface area contributed by atoms with Crippen molar-refractivity contribution < 1.29 is 76.9 Å². The Morgan fingerprint density at radius 1 is 0.957 bits per heavy atom. The fourth-order valence-corrected chi connectivity index (χ4v) is 11.1. The Hall–Kier alpha value is -5.47. The van der Waals surface area contributed by atoms with Gasteiger partial charge in [-0.15, -0.1) is 0 Å². The summed E-state index contributed by atoms with van der Waals surface area (Å²) in [4.78, 5) is 89.2. The number of benzene rings is 2. The predicted molar refractivity (Wildman–Crippen MR) is 242 cm³/mol. The predicted octanol–water partition coefficient (Wildman–Crippen LogP) is 4.18. The van der Waals surface area contributed by atoms with Crippen molar-refractivity contribution in [3.05, 3.63) is 82.7 Å². The highest BCUT2D eigenvalue weighted by Crippen LogP contribution is 2.64. The molecule has 2 aromatic rings. The summed E-state index contributed by atoms with van der Waals surface area (Å²) < 4.78 is 51.8. The van der Waals surface area contributed by atoms with E-state index in [4.69, 9.17) is 28.4 Å². The van der Waals surface area contributed by atoms with Crippen molar-refractivity contribution in [1.29, 1.82) is 0 Å². The molecule has 0 spiro atoms. The van der Waals surface area contributed by atoms with Crippen molar-refractivity contribution >= 4 is 35.9 Å². The number of ketones is 1. The van der Waals surface area contributed by atoms with Crippen LogP contribution in [0.3, 0.4) is 0 Å². The molecule has 0 aromatic heterocycles. The number of esters is 3. The molecule has 5 aliphatic rings. The summed E-state index contributed by atoms with van der Waals surface area (Å²) >= 11 is 0. The highest BCUT2D eigenvalue weighted by molar-refractivity contribution is 5.95. The molecule has 4 N–H and O–H groups in total. The number of fused-ring (bicyclic) bond motifs is 5. The van der Waals surface area contributed by atoms with Crippen molar-refractivity contribution in [1.82, 2.24) is 15.1 Å². The first-order valence-corrected chi connectivity index (χ1v) is 23.3. The van der Waals surface area contributed by atoms with Crippen LogP contribution in [0.5, 0.6) is 0 Å². The number of aliphatic hydroxyl groups is 3. The molecule has 19 heteroatoms. The quantitative estimate of drug-likeness (QED) is 0.149. The largest absolute Gasteiger partial charge is 0.456 e. The van der Waals surface area contributed by atoms with Gasteiger partial charge in [0.1, 0.15) is 35.3 Å². The van der Waals surface area contributed by atoms with Crippen LogP contribution < -0.4 is 5.32 Å². The fourth-order valence-electron chi connectivity index (χ4n) is 11.1. The van der Waals surface area contributed by atoms with Gasteiger partial charge in [0.05, 0.1) is 35.6 Å². The van der Waals surface area contributed by atoms with Crippen molar-refractivity contribution in [3.63, 3.8) is 0 Å². The van der Waals surface area contributed by atoms with Crippen molar-refractivity contribution in [2.24, 2.45) is 16.7 Å². The fraction of sp³-hybridized carbons (Fsp3) is 0.600. The van der Waals surface area contributed by atoms with Gasteiger partial charge < -0.3 is 58.9 Å². The van der Waals surface area contributed by atoms with E-state index in [-0.39, 0.29) is 48.4 Å². The zero-order valence-electron chi connectivity index (χ0n) is 40.5. The van der Waals surface area contributed by atoms with E-state index in [2.05, 4.69) is 10.2 Å². The average Bonchev–Trinajstić information content (AvgIpc) is 3.28. The van der Waals surface area contributed by atoms with E-state index < -0.39 is 124 Å². The number of ether oxygens (including phenoxy) is 6. The zero-order chi connectivity index (χ0) is 50.6.